The van der Waals surface area contributed by atoms with Crippen molar-refractivity contribution >= 4 is 11.9 Å². The Morgan fingerprint density at radius 1 is 0.957 bits per heavy atom. The van der Waals surface area contributed by atoms with E-state index in [1.165, 1.54) is 0 Å². The molecule has 2 N–H and O–H groups in total. The quantitative estimate of drug-likeness (QED) is 0.857. The van der Waals surface area contributed by atoms with Gasteiger partial charge in [0.05, 0.1) is 0 Å². The third-order valence-electron chi connectivity index (χ3n) is 3.56. The zero-order chi connectivity index (χ0) is 16.8. The van der Waals surface area contributed by atoms with Gasteiger partial charge in [-0.2, -0.15) is 0 Å². The van der Waals surface area contributed by atoms with Crippen LogP contribution >= 0.6 is 0 Å². The van der Waals surface area contributed by atoms with E-state index in [0.717, 1.165) is 11.1 Å². The van der Waals surface area contributed by atoms with Crippen molar-refractivity contribution in [3.8, 4) is 11.1 Å². The van der Waals surface area contributed by atoms with E-state index in [-0.39, 0.29) is 11.8 Å². The second kappa shape index (κ2) is 7.58. The Hall–Kier alpha value is -2.62. The average Bonchev–Trinajstić information content (AvgIpc) is 2.54. The smallest absolute Gasteiger partial charge is 0.326 e. The number of carbonyl (C=O) groups excluding carboxylic acids is 1. The number of aliphatic carboxylic acids is 1. The van der Waals surface area contributed by atoms with Gasteiger partial charge in [-0.15, -0.1) is 0 Å². The number of carboxylic acids is 1. The van der Waals surface area contributed by atoms with Crippen molar-refractivity contribution < 1.29 is 14.7 Å². The largest absolute Gasteiger partial charge is 0.480 e. The molecule has 0 aliphatic rings. The first-order valence-corrected chi connectivity index (χ1v) is 7.66. The molecule has 1 atom stereocenters. The number of hydrogen-bond donors (Lipinski definition) is 2. The lowest BCUT2D eigenvalue weighted by Crippen LogP contribution is -2.41. The molecule has 120 valence electrons. The summed E-state index contributed by atoms with van der Waals surface area (Å²) in [6, 6.07) is 16.2. The predicted octanol–water partition coefficient (Wildman–Crippen LogP) is 3.58. The number of carboxylic acid groups (broad SMARTS) is 1. The molecule has 23 heavy (non-hydrogen) atoms. The van der Waals surface area contributed by atoms with E-state index in [0.29, 0.717) is 12.0 Å². The molecule has 4 heteroatoms. The highest BCUT2D eigenvalue weighted by molar-refractivity contribution is 5.97. The minimum Gasteiger partial charge on any atom is -0.480 e. The Kier molecular flexibility index (Phi) is 5.52. The standard InChI is InChI=1S/C19H21NO3/c1-13(2)12-17(19(22)23)20-18(21)16-10-8-15(9-11-16)14-6-4-3-5-7-14/h3-11,13,17H,12H2,1-2H3,(H,20,21)(H,22,23). The Morgan fingerprint density at radius 3 is 2.04 bits per heavy atom. The van der Waals surface area contributed by atoms with Crippen LogP contribution in [0, 0.1) is 5.92 Å². The fraction of sp³-hybridized carbons (Fsp3) is 0.263. The summed E-state index contributed by atoms with van der Waals surface area (Å²) >= 11 is 0. The number of rotatable bonds is 6. The van der Waals surface area contributed by atoms with E-state index in [9.17, 15) is 14.7 Å². The predicted molar refractivity (Wildman–Crippen MR) is 90.2 cm³/mol. The van der Waals surface area contributed by atoms with E-state index in [4.69, 9.17) is 0 Å². The number of hydrogen-bond acceptors (Lipinski definition) is 2. The van der Waals surface area contributed by atoms with Gasteiger partial charge in [0, 0.05) is 5.56 Å². The highest BCUT2D eigenvalue weighted by Gasteiger charge is 2.21. The molecule has 0 aliphatic carbocycles. The molecule has 1 amide bonds. The van der Waals surface area contributed by atoms with E-state index in [1.54, 1.807) is 12.1 Å². The van der Waals surface area contributed by atoms with Crippen molar-refractivity contribution in [2.24, 2.45) is 5.92 Å². The molecule has 0 spiro atoms. The molecule has 0 heterocycles. The third-order valence-corrected chi connectivity index (χ3v) is 3.56. The van der Waals surface area contributed by atoms with Crippen LogP contribution in [-0.4, -0.2) is 23.0 Å². The molecule has 2 aromatic carbocycles. The molecule has 0 aromatic heterocycles. The van der Waals surface area contributed by atoms with Gasteiger partial charge in [0.15, 0.2) is 0 Å². The number of carbonyl (C=O) groups is 2. The van der Waals surface area contributed by atoms with Crippen LogP contribution in [-0.2, 0) is 4.79 Å². The van der Waals surface area contributed by atoms with E-state index in [2.05, 4.69) is 5.32 Å². The van der Waals surface area contributed by atoms with Crippen LogP contribution in [0.25, 0.3) is 11.1 Å². The molecule has 0 saturated carbocycles. The number of amides is 1. The molecule has 2 aromatic rings. The zero-order valence-electron chi connectivity index (χ0n) is 13.3. The maximum Gasteiger partial charge on any atom is 0.326 e. The van der Waals surface area contributed by atoms with E-state index < -0.39 is 12.0 Å². The maximum atomic E-state index is 12.2. The highest BCUT2D eigenvalue weighted by atomic mass is 16.4. The number of benzene rings is 2. The zero-order valence-corrected chi connectivity index (χ0v) is 13.3. The lowest BCUT2D eigenvalue weighted by atomic mass is 10.0. The second-order valence-corrected chi connectivity index (χ2v) is 5.94. The second-order valence-electron chi connectivity index (χ2n) is 5.94. The van der Waals surface area contributed by atoms with Crippen LogP contribution in [0.15, 0.2) is 54.6 Å². The first-order valence-electron chi connectivity index (χ1n) is 7.66. The lowest BCUT2D eigenvalue weighted by molar-refractivity contribution is -0.139. The van der Waals surface area contributed by atoms with Crippen LogP contribution in [0.5, 0.6) is 0 Å². The summed E-state index contributed by atoms with van der Waals surface area (Å²) in [5.41, 5.74) is 2.54. The average molecular weight is 311 g/mol. The summed E-state index contributed by atoms with van der Waals surface area (Å²) < 4.78 is 0. The summed E-state index contributed by atoms with van der Waals surface area (Å²) in [4.78, 5) is 23.4. The summed E-state index contributed by atoms with van der Waals surface area (Å²) in [5.74, 6) is -1.18. The third kappa shape index (κ3) is 4.68. The minimum atomic E-state index is -1.01. The molecule has 0 aliphatic heterocycles. The Morgan fingerprint density at radius 2 is 1.52 bits per heavy atom. The molecule has 0 fully saturated rings. The fourth-order valence-corrected chi connectivity index (χ4v) is 2.38. The first kappa shape index (κ1) is 16.7. The van der Waals surface area contributed by atoms with Crippen LogP contribution in [0.4, 0.5) is 0 Å². The summed E-state index contributed by atoms with van der Waals surface area (Å²) in [5, 5.41) is 11.8. The highest BCUT2D eigenvalue weighted by Crippen LogP contribution is 2.19. The lowest BCUT2D eigenvalue weighted by Gasteiger charge is -2.16. The minimum absolute atomic E-state index is 0.192. The van der Waals surface area contributed by atoms with Crippen LogP contribution < -0.4 is 5.32 Å². The van der Waals surface area contributed by atoms with Crippen molar-refractivity contribution in [1.29, 1.82) is 0 Å². The van der Waals surface area contributed by atoms with Crippen molar-refractivity contribution in [3.63, 3.8) is 0 Å². The SMILES string of the molecule is CC(C)CC(NC(=O)c1ccc(-c2ccccc2)cc1)C(=O)O. The fourth-order valence-electron chi connectivity index (χ4n) is 2.38. The Balaban J connectivity index is 2.09. The van der Waals surface area contributed by atoms with Gasteiger partial charge in [0.25, 0.3) is 5.91 Å². The van der Waals surface area contributed by atoms with Gasteiger partial charge in [-0.25, -0.2) is 4.79 Å². The van der Waals surface area contributed by atoms with Crippen LogP contribution in [0.3, 0.4) is 0 Å². The van der Waals surface area contributed by atoms with Gasteiger partial charge >= 0.3 is 5.97 Å². The molecular formula is C19H21NO3. The van der Waals surface area contributed by atoms with Gasteiger partial charge in [0.2, 0.25) is 0 Å². The molecule has 0 bridgehead atoms. The Bertz CT molecular complexity index is 663. The van der Waals surface area contributed by atoms with E-state index in [1.807, 2.05) is 56.3 Å². The molecule has 1 unspecified atom stereocenters. The van der Waals surface area contributed by atoms with Crippen molar-refractivity contribution in [1.82, 2.24) is 5.32 Å². The first-order chi connectivity index (χ1) is 11.0. The molecular weight excluding hydrogens is 290 g/mol. The molecule has 4 nitrogen and oxygen atoms in total. The summed E-state index contributed by atoms with van der Waals surface area (Å²) in [6.45, 7) is 3.85. The number of nitrogens with one attached hydrogen (secondary N) is 1. The normalized spacial score (nSPS) is 12.0. The van der Waals surface area contributed by atoms with Crippen molar-refractivity contribution in [3.05, 3.63) is 60.2 Å². The summed E-state index contributed by atoms with van der Waals surface area (Å²) in [7, 11) is 0. The van der Waals surface area contributed by atoms with Gasteiger partial charge in [-0.05, 0) is 35.6 Å². The van der Waals surface area contributed by atoms with Gasteiger partial charge in [-0.3, -0.25) is 4.79 Å². The van der Waals surface area contributed by atoms with Gasteiger partial charge < -0.3 is 10.4 Å². The molecule has 0 radical (unpaired) electrons. The van der Waals surface area contributed by atoms with E-state index >= 15 is 0 Å². The van der Waals surface area contributed by atoms with Crippen molar-refractivity contribution in [2.75, 3.05) is 0 Å². The van der Waals surface area contributed by atoms with Gasteiger partial charge in [-0.1, -0.05) is 56.3 Å². The van der Waals surface area contributed by atoms with Gasteiger partial charge in [0.1, 0.15) is 6.04 Å². The molecule has 0 saturated heterocycles. The maximum absolute atomic E-state index is 12.2. The molecule has 2 rings (SSSR count). The topological polar surface area (TPSA) is 66.4 Å². The Labute approximate surface area is 136 Å². The van der Waals surface area contributed by atoms with Crippen LogP contribution in [0.1, 0.15) is 30.6 Å². The van der Waals surface area contributed by atoms with Crippen LogP contribution in [0.2, 0.25) is 0 Å². The monoisotopic (exact) mass is 311 g/mol. The van der Waals surface area contributed by atoms with Crippen molar-refractivity contribution in [2.45, 2.75) is 26.3 Å². The summed E-state index contributed by atoms with van der Waals surface area (Å²) in [6.07, 6.45) is 0.406.